The van der Waals surface area contributed by atoms with Crippen molar-refractivity contribution < 1.29 is 0 Å². The summed E-state index contributed by atoms with van der Waals surface area (Å²) in [6, 6.07) is 24.3. The molecular formula is C37H35N. The van der Waals surface area contributed by atoms with E-state index in [0.29, 0.717) is 0 Å². The van der Waals surface area contributed by atoms with Crippen molar-refractivity contribution >= 4 is 33.3 Å². The highest BCUT2D eigenvalue weighted by Gasteiger charge is 2.17. The molecule has 1 nitrogen and oxygen atoms in total. The highest BCUT2D eigenvalue weighted by Crippen LogP contribution is 2.42. The van der Waals surface area contributed by atoms with Crippen molar-refractivity contribution in [2.24, 2.45) is 0 Å². The van der Waals surface area contributed by atoms with Gasteiger partial charge in [-0.05, 0) is 88.2 Å². The smallest absolute Gasteiger partial charge is 0.0177 e. The molecule has 0 aliphatic heterocycles. The van der Waals surface area contributed by atoms with Crippen molar-refractivity contribution in [1.29, 1.82) is 5.41 Å². The van der Waals surface area contributed by atoms with Gasteiger partial charge in [0, 0.05) is 6.21 Å². The molecule has 4 aromatic carbocycles. The molecule has 0 bridgehead atoms. The lowest BCUT2D eigenvalue weighted by atomic mass is 9.84. The van der Waals surface area contributed by atoms with Crippen molar-refractivity contribution in [1.82, 2.24) is 0 Å². The molecule has 4 aromatic rings. The van der Waals surface area contributed by atoms with E-state index in [-0.39, 0.29) is 0 Å². The SMILES string of the molecule is C=C/C=C\Cc1cc(-c2c3ccccc3c(C(/C=C\C(C)=C\C)=C/C=C\C=N)c3ccccc23)ccc1C. The first-order valence-corrected chi connectivity index (χ1v) is 13.1. The Morgan fingerprint density at radius 2 is 1.50 bits per heavy atom. The fourth-order valence-electron chi connectivity index (χ4n) is 4.84. The van der Waals surface area contributed by atoms with Crippen LogP contribution in [0.3, 0.4) is 0 Å². The van der Waals surface area contributed by atoms with Crippen LogP contribution in [0.1, 0.15) is 30.5 Å². The number of nitrogens with one attached hydrogen (secondary N) is 1. The van der Waals surface area contributed by atoms with E-state index in [4.69, 9.17) is 5.41 Å². The Kier molecular flexibility index (Phi) is 8.85. The second-order valence-corrected chi connectivity index (χ2v) is 9.39. The molecule has 0 fully saturated rings. The molecule has 0 saturated heterocycles. The van der Waals surface area contributed by atoms with Crippen molar-refractivity contribution in [3.05, 3.63) is 150 Å². The number of allylic oxidation sites excluding steroid dienone is 11. The zero-order valence-electron chi connectivity index (χ0n) is 22.5. The van der Waals surface area contributed by atoms with Crippen LogP contribution in [0.15, 0.2) is 134 Å². The van der Waals surface area contributed by atoms with Crippen LogP contribution < -0.4 is 0 Å². The first-order chi connectivity index (χ1) is 18.6. The second-order valence-electron chi connectivity index (χ2n) is 9.39. The summed E-state index contributed by atoms with van der Waals surface area (Å²) < 4.78 is 0. The van der Waals surface area contributed by atoms with Gasteiger partial charge >= 0.3 is 0 Å². The first-order valence-electron chi connectivity index (χ1n) is 13.1. The van der Waals surface area contributed by atoms with Gasteiger partial charge in [0.2, 0.25) is 0 Å². The molecule has 0 spiro atoms. The lowest BCUT2D eigenvalue weighted by Gasteiger charge is -2.19. The molecule has 0 unspecified atom stereocenters. The Bertz CT molecular complexity index is 1580. The van der Waals surface area contributed by atoms with Gasteiger partial charge in [-0.1, -0.05) is 127 Å². The molecule has 38 heavy (non-hydrogen) atoms. The summed E-state index contributed by atoms with van der Waals surface area (Å²) in [7, 11) is 0. The van der Waals surface area contributed by atoms with Crippen LogP contribution in [0.2, 0.25) is 0 Å². The molecule has 0 radical (unpaired) electrons. The topological polar surface area (TPSA) is 23.9 Å². The molecular weight excluding hydrogens is 458 g/mol. The molecule has 1 N–H and O–H groups in total. The van der Waals surface area contributed by atoms with Gasteiger partial charge in [-0.15, -0.1) is 0 Å². The first kappa shape index (κ1) is 26.6. The molecule has 0 aromatic heterocycles. The van der Waals surface area contributed by atoms with E-state index in [1.165, 1.54) is 61.1 Å². The summed E-state index contributed by atoms with van der Waals surface area (Å²) in [4.78, 5) is 0. The fourth-order valence-corrected chi connectivity index (χ4v) is 4.84. The number of benzene rings is 4. The van der Waals surface area contributed by atoms with Crippen LogP contribution in [0, 0.1) is 12.3 Å². The number of hydrogen-bond acceptors (Lipinski definition) is 1. The molecule has 188 valence electrons. The third kappa shape index (κ3) is 5.74. The van der Waals surface area contributed by atoms with Gasteiger partial charge in [-0.2, -0.15) is 0 Å². The molecule has 1 heteroatoms. The number of hydrogen-bond donors (Lipinski definition) is 1. The van der Waals surface area contributed by atoms with Crippen LogP contribution >= 0.6 is 0 Å². The maximum atomic E-state index is 7.45. The summed E-state index contributed by atoms with van der Waals surface area (Å²) in [5.74, 6) is 0. The van der Waals surface area contributed by atoms with Gasteiger partial charge in [0.1, 0.15) is 0 Å². The van der Waals surface area contributed by atoms with E-state index >= 15 is 0 Å². The maximum absolute atomic E-state index is 7.45. The Labute approximate surface area is 227 Å². The van der Waals surface area contributed by atoms with Gasteiger partial charge in [0.25, 0.3) is 0 Å². The summed E-state index contributed by atoms with van der Waals surface area (Å²) >= 11 is 0. The monoisotopic (exact) mass is 493 g/mol. The van der Waals surface area contributed by atoms with E-state index in [0.717, 1.165) is 12.0 Å². The van der Waals surface area contributed by atoms with E-state index in [1.54, 1.807) is 6.08 Å². The summed E-state index contributed by atoms with van der Waals surface area (Å²) in [5, 5.41) is 12.3. The van der Waals surface area contributed by atoms with Crippen molar-refractivity contribution in [2.45, 2.75) is 27.2 Å². The zero-order chi connectivity index (χ0) is 26.9. The minimum Gasteiger partial charge on any atom is -0.309 e. The highest BCUT2D eigenvalue weighted by atomic mass is 14.3. The van der Waals surface area contributed by atoms with E-state index in [2.05, 4.69) is 124 Å². The Hall–Kier alpha value is -4.49. The van der Waals surface area contributed by atoms with Gasteiger partial charge in [-0.25, -0.2) is 0 Å². The van der Waals surface area contributed by atoms with E-state index in [9.17, 15) is 0 Å². The third-order valence-corrected chi connectivity index (χ3v) is 6.93. The molecule has 0 aliphatic carbocycles. The Morgan fingerprint density at radius 1 is 0.842 bits per heavy atom. The van der Waals surface area contributed by atoms with Crippen molar-refractivity contribution in [2.75, 3.05) is 0 Å². The maximum Gasteiger partial charge on any atom is 0.0177 e. The van der Waals surface area contributed by atoms with Gasteiger partial charge in [0.05, 0.1) is 0 Å². The number of rotatable bonds is 9. The molecule has 0 aliphatic rings. The van der Waals surface area contributed by atoms with Gasteiger partial charge in [-0.3, -0.25) is 0 Å². The lowest BCUT2D eigenvalue weighted by molar-refractivity contribution is 1.21. The Balaban J connectivity index is 2.07. The van der Waals surface area contributed by atoms with Gasteiger partial charge in [0.15, 0.2) is 0 Å². The summed E-state index contributed by atoms with van der Waals surface area (Å²) in [5.41, 5.74) is 8.62. The van der Waals surface area contributed by atoms with Crippen LogP contribution in [0.5, 0.6) is 0 Å². The fraction of sp³-hybridized carbons (Fsp3) is 0.108. The van der Waals surface area contributed by atoms with Crippen molar-refractivity contribution in [3.63, 3.8) is 0 Å². The largest absolute Gasteiger partial charge is 0.309 e. The van der Waals surface area contributed by atoms with Crippen LogP contribution in [-0.2, 0) is 6.42 Å². The molecule has 0 amide bonds. The zero-order valence-corrected chi connectivity index (χ0v) is 22.5. The second kappa shape index (κ2) is 12.7. The molecule has 0 heterocycles. The van der Waals surface area contributed by atoms with Crippen LogP contribution in [-0.4, -0.2) is 6.21 Å². The van der Waals surface area contributed by atoms with Gasteiger partial charge < -0.3 is 5.41 Å². The predicted molar refractivity (Wildman–Crippen MR) is 169 cm³/mol. The molecule has 0 atom stereocenters. The van der Waals surface area contributed by atoms with Crippen molar-refractivity contribution in [3.8, 4) is 11.1 Å². The standard InChI is InChI=1S/C37H35N/c1-5-7-8-16-30-26-31(24-22-28(30)4)37-34-19-11-9-17-32(34)36(33-18-10-12-20-35(33)37)29(15-13-14-25-38)23-21-27(3)6-2/h5-15,17-26,38H,1,16H2,2-4H3/b8-7-,14-13-,23-21-,27-6+,29-15+,38-25?. The Morgan fingerprint density at radius 3 is 2.11 bits per heavy atom. The minimum atomic E-state index is 0.876. The number of aryl methyl sites for hydroxylation is 1. The summed E-state index contributed by atoms with van der Waals surface area (Å²) in [6.07, 6.45) is 20.4. The number of fused-ring (bicyclic) bond motifs is 2. The van der Waals surface area contributed by atoms with Crippen LogP contribution in [0.25, 0.3) is 38.2 Å². The average molecular weight is 494 g/mol. The average Bonchev–Trinajstić information content (AvgIpc) is 2.95. The summed E-state index contributed by atoms with van der Waals surface area (Å²) in [6.45, 7) is 10.2. The van der Waals surface area contributed by atoms with E-state index in [1.807, 2.05) is 18.2 Å². The predicted octanol–water partition coefficient (Wildman–Crippen LogP) is 10.4. The molecule has 4 rings (SSSR count). The molecule has 0 saturated carbocycles. The normalized spacial score (nSPS) is 12.9. The highest BCUT2D eigenvalue weighted by molar-refractivity contribution is 6.19. The lowest BCUT2D eigenvalue weighted by Crippen LogP contribution is -1.94. The van der Waals surface area contributed by atoms with Crippen LogP contribution in [0.4, 0.5) is 0 Å². The third-order valence-electron chi connectivity index (χ3n) is 6.93. The quantitative estimate of drug-likeness (QED) is 0.136. The van der Waals surface area contributed by atoms with E-state index < -0.39 is 0 Å². The minimum absolute atomic E-state index is 0.876.